The lowest BCUT2D eigenvalue weighted by Crippen LogP contribution is -2.53. The predicted molar refractivity (Wildman–Crippen MR) is 178 cm³/mol. The molecule has 1 aliphatic heterocycles. The minimum Gasteiger partial charge on any atom is -0.461 e. The highest BCUT2D eigenvalue weighted by Crippen LogP contribution is 2.45. The number of amides is 3. The summed E-state index contributed by atoms with van der Waals surface area (Å²) < 4.78 is 10.8. The van der Waals surface area contributed by atoms with Crippen LogP contribution in [-0.4, -0.2) is 48.3 Å². The van der Waals surface area contributed by atoms with Crippen molar-refractivity contribution in [2.45, 2.75) is 90.8 Å². The van der Waals surface area contributed by atoms with Crippen LogP contribution in [0.2, 0.25) is 5.02 Å². The van der Waals surface area contributed by atoms with Gasteiger partial charge in [-0.1, -0.05) is 61.4 Å². The maximum Gasteiger partial charge on any atom is 0.331 e. The second-order valence-electron chi connectivity index (χ2n) is 12.8. The van der Waals surface area contributed by atoms with Crippen molar-refractivity contribution in [2.75, 3.05) is 11.4 Å². The molecular weight excluding hydrogens is 622 g/mol. The molecule has 1 unspecified atom stereocenters. The van der Waals surface area contributed by atoms with Crippen molar-refractivity contribution in [3.8, 4) is 0 Å². The van der Waals surface area contributed by atoms with E-state index >= 15 is 0 Å². The smallest absolute Gasteiger partial charge is 0.331 e. The van der Waals surface area contributed by atoms with Gasteiger partial charge < -0.3 is 20.1 Å². The lowest BCUT2D eigenvalue weighted by atomic mass is 9.75. The molecule has 0 spiro atoms. The van der Waals surface area contributed by atoms with Crippen molar-refractivity contribution >= 4 is 46.9 Å². The average Bonchev–Trinajstić information content (AvgIpc) is 3.45. The SMILES string of the molecule is C=C(C)OC(=O)CN1C(=O)[C@@H](NC(=O)C2(CC(CC(=O)NC(C)C)C(=O)OCc3ccc(Cl)cc3)CCCC2)CCc2ccccc21. The number of fused-ring (bicyclic) bond motifs is 1. The third-order valence-corrected chi connectivity index (χ3v) is 8.87. The Bertz CT molecular complexity index is 1480. The molecule has 2 N–H and O–H groups in total. The summed E-state index contributed by atoms with van der Waals surface area (Å²) in [4.78, 5) is 68.6. The van der Waals surface area contributed by atoms with E-state index in [0.29, 0.717) is 36.4 Å². The molecule has 1 heterocycles. The average molecular weight is 666 g/mol. The molecule has 4 rings (SSSR count). The first-order chi connectivity index (χ1) is 22.4. The fourth-order valence-electron chi connectivity index (χ4n) is 6.42. The summed E-state index contributed by atoms with van der Waals surface area (Å²) in [5, 5.41) is 6.40. The number of para-hydroxylation sites is 1. The molecule has 10 nitrogen and oxygen atoms in total. The van der Waals surface area contributed by atoms with Crippen LogP contribution in [0, 0.1) is 11.3 Å². The Balaban J connectivity index is 1.54. The Morgan fingerprint density at radius 2 is 1.74 bits per heavy atom. The molecule has 252 valence electrons. The van der Waals surface area contributed by atoms with Gasteiger partial charge in [0.05, 0.1) is 17.1 Å². The van der Waals surface area contributed by atoms with Crippen LogP contribution >= 0.6 is 11.6 Å². The van der Waals surface area contributed by atoms with E-state index in [2.05, 4.69) is 17.2 Å². The van der Waals surface area contributed by atoms with Gasteiger partial charge in [0.15, 0.2) is 0 Å². The first-order valence-corrected chi connectivity index (χ1v) is 16.5. The number of carbonyl (C=O) groups excluding carboxylic acids is 5. The molecule has 1 aliphatic carbocycles. The fourth-order valence-corrected chi connectivity index (χ4v) is 6.55. The first-order valence-electron chi connectivity index (χ1n) is 16.1. The topological polar surface area (TPSA) is 131 Å². The molecule has 0 aromatic heterocycles. The van der Waals surface area contributed by atoms with Crippen molar-refractivity contribution in [1.29, 1.82) is 0 Å². The van der Waals surface area contributed by atoms with Crippen LogP contribution in [0.3, 0.4) is 0 Å². The normalized spacial score (nSPS) is 17.7. The van der Waals surface area contributed by atoms with Gasteiger partial charge in [0.2, 0.25) is 17.7 Å². The number of rotatable bonds is 13. The van der Waals surface area contributed by atoms with Gasteiger partial charge >= 0.3 is 11.9 Å². The summed E-state index contributed by atoms with van der Waals surface area (Å²) in [7, 11) is 0. The standard InChI is InChI=1S/C36H44ClN3O7/c1-23(2)38-31(41)19-27(34(44)46-22-25-11-14-28(37)15-12-25)20-36(17-7-8-18-36)35(45)39-29-16-13-26-9-5-6-10-30(26)40(33(29)43)21-32(42)47-24(3)4/h5-6,9-12,14-15,23,27,29H,3,7-8,13,16-22H2,1-2,4H3,(H,38,41)(H,39,45)/t27?,29-/m0/s1. The Hall–Kier alpha value is -4.18. The van der Waals surface area contributed by atoms with E-state index in [1.165, 1.54) is 4.90 Å². The van der Waals surface area contributed by atoms with E-state index in [1.54, 1.807) is 43.3 Å². The Morgan fingerprint density at radius 1 is 1.06 bits per heavy atom. The number of nitrogens with one attached hydrogen (secondary N) is 2. The van der Waals surface area contributed by atoms with E-state index in [0.717, 1.165) is 24.0 Å². The molecule has 11 heteroatoms. The summed E-state index contributed by atoms with van der Waals surface area (Å²) in [6.07, 6.45) is 3.32. The van der Waals surface area contributed by atoms with Crippen LogP contribution in [0.1, 0.15) is 76.8 Å². The largest absolute Gasteiger partial charge is 0.461 e. The highest BCUT2D eigenvalue weighted by atomic mass is 35.5. The second-order valence-corrected chi connectivity index (χ2v) is 13.3. The third-order valence-electron chi connectivity index (χ3n) is 8.62. The molecule has 1 saturated carbocycles. The van der Waals surface area contributed by atoms with Gasteiger partial charge in [-0.2, -0.15) is 0 Å². The minimum atomic E-state index is -0.981. The predicted octanol–water partition coefficient (Wildman–Crippen LogP) is 5.41. The highest BCUT2D eigenvalue weighted by Gasteiger charge is 2.46. The number of carbonyl (C=O) groups is 5. The first kappa shape index (κ1) is 35.7. The number of benzene rings is 2. The monoisotopic (exact) mass is 665 g/mol. The zero-order valence-electron chi connectivity index (χ0n) is 27.3. The minimum absolute atomic E-state index is 0.00171. The van der Waals surface area contributed by atoms with Gasteiger partial charge in [0.25, 0.3) is 0 Å². The van der Waals surface area contributed by atoms with Crippen molar-refractivity contribution < 1.29 is 33.4 Å². The molecule has 3 amide bonds. The molecule has 0 bridgehead atoms. The maximum atomic E-state index is 14.2. The summed E-state index contributed by atoms with van der Waals surface area (Å²) in [5.74, 6) is -2.96. The summed E-state index contributed by atoms with van der Waals surface area (Å²) in [5.41, 5.74) is 1.22. The van der Waals surface area contributed by atoms with Crippen molar-refractivity contribution in [3.05, 3.63) is 77.0 Å². The molecule has 0 radical (unpaired) electrons. The molecule has 2 aromatic carbocycles. The molecule has 0 saturated heterocycles. The van der Waals surface area contributed by atoms with Gasteiger partial charge in [-0.3, -0.25) is 24.1 Å². The van der Waals surface area contributed by atoms with Crippen molar-refractivity contribution in [1.82, 2.24) is 10.6 Å². The molecule has 47 heavy (non-hydrogen) atoms. The van der Waals surface area contributed by atoms with Crippen LogP contribution in [0.4, 0.5) is 5.69 Å². The molecule has 2 atom stereocenters. The lowest BCUT2D eigenvalue weighted by Gasteiger charge is -2.33. The van der Waals surface area contributed by atoms with Crippen LogP contribution in [-0.2, 0) is 46.5 Å². The number of hydrogen-bond donors (Lipinski definition) is 2. The number of ether oxygens (including phenoxy) is 2. The number of esters is 2. The number of hydrogen-bond acceptors (Lipinski definition) is 7. The Labute approximate surface area is 281 Å². The zero-order valence-corrected chi connectivity index (χ0v) is 28.1. The number of anilines is 1. The number of halogens is 1. The summed E-state index contributed by atoms with van der Waals surface area (Å²) in [6.45, 7) is 8.48. The second kappa shape index (κ2) is 16.1. The van der Waals surface area contributed by atoms with E-state index in [9.17, 15) is 24.0 Å². The van der Waals surface area contributed by atoms with E-state index in [4.69, 9.17) is 21.1 Å². The van der Waals surface area contributed by atoms with Crippen molar-refractivity contribution in [2.24, 2.45) is 11.3 Å². The molecule has 2 aliphatic rings. The van der Waals surface area contributed by atoms with Gasteiger partial charge in [-0.25, -0.2) is 4.79 Å². The van der Waals surface area contributed by atoms with Gasteiger partial charge in [-0.15, -0.1) is 0 Å². The van der Waals surface area contributed by atoms with Crippen molar-refractivity contribution in [3.63, 3.8) is 0 Å². The zero-order chi connectivity index (χ0) is 34.1. The number of nitrogens with zero attached hydrogens (tertiary/aromatic N) is 1. The Morgan fingerprint density at radius 3 is 2.40 bits per heavy atom. The van der Waals surface area contributed by atoms with Crippen LogP contribution in [0.5, 0.6) is 0 Å². The maximum absolute atomic E-state index is 14.2. The van der Waals surface area contributed by atoms with Gasteiger partial charge in [0, 0.05) is 23.2 Å². The van der Waals surface area contributed by atoms with Crippen LogP contribution in [0.15, 0.2) is 60.9 Å². The number of aryl methyl sites for hydroxylation is 1. The number of allylic oxidation sites excluding steroid dienone is 1. The fraction of sp³-hybridized carbons (Fsp3) is 0.472. The Kier molecular flexibility index (Phi) is 12.2. The quantitative estimate of drug-likeness (QED) is 0.216. The van der Waals surface area contributed by atoms with E-state index < -0.39 is 35.2 Å². The van der Waals surface area contributed by atoms with E-state index in [-0.39, 0.29) is 49.6 Å². The van der Waals surface area contributed by atoms with Crippen LogP contribution in [0.25, 0.3) is 0 Å². The van der Waals surface area contributed by atoms with Gasteiger partial charge in [0.1, 0.15) is 19.2 Å². The van der Waals surface area contributed by atoms with Gasteiger partial charge in [-0.05, 0) is 82.2 Å². The molecule has 1 fully saturated rings. The lowest BCUT2D eigenvalue weighted by molar-refractivity contribution is -0.154. The van der Waals surface area contributed by atoms with Crippen LogP contribution < -0.4 is 15.5 Å². The summed E-state index contributed by atoms with van der Waals surface area (Å²) in [6, 6.07) is 13.2. The van der Waals surface area contributed by atoms with E-state index in [1.807, 2.05) is 26.0 Å². The molecular formula is C36H44ClN3O7. The highest BCUT2D eigenvalue weighted by molar-refractivity contribution is 6.30. The third kappa shape index (κ3) is 9.67. The molecule has 2 aromatic rings. The summed E-state index contributed by atoms with van der Waals surface area (Å²) >= 11 is 5.99.